The number of hydrogen-bond donors (Lipinski definition) is 1. The summed E-state index contributed by atoms with van der Waals surface area (Å²) in [4.78, 5) is 26.1. The first kappa shape index (κ1) is 16.4. The molecule has 1 unspecified atom stereocenters. The number of carbonyl (C=O) groups is 2. The van der Waals surface area contributed by atoms with E-state index in [0.717, 1.165) is 30.8 Å². The van der Waals surface area contributed by atoms with Gasteiger partial charge in [0.1, 0.15) is 12.0 Å². The number of para-hydroxylation sites is 1. The number of aromatic nitrogens is 3. The molecular weight excluding hydrogens is 332 g/mol. The van der Waals surface area contributed by atoms with Gasteiger partial charge in [0.2, 0.25) is 5.91 Å². The van der Waals surface area contributed by atoms with Crippen molar-refractivity contribution in [2.75, 3.05) is 6.54 Å². The van der Waals surface area contributed by atoms with Crippen molar-refractivity contribution in [3.8, 4) is 5.69 Å². The predicted octanol–water partition coefficient (Wildman–Crippen LogP) is 1.59. The maximum atomic E-state index is 13.0. The van der Waals surface area contributed by atoms with E-state index in [1.54, 1.807) is 6.33 Å². The molecule has 2 aliphatic rings. The zero-order valence-corrected chi connectivity index (χ0v) is 14.3. The van der Waals surface area contributed by atoms with Crippen LogP contribution in [0.4, 0.5) is 0 Å². The average molecular weight is 352 g/mol. The highest BCUT2D eigenvalue weighted by Crippen LogP contribution is 2.31. The fraction of sp³-hybridized carbons (Fsp3) is 0.389. The van der Waals surface area contributed by atoms with Crippen LogP contribution in [0.15, 0.2) is 41.8 Å². The molecule has 0 radical (unpaired) electrons. The summed E-state index contributed by atoms with van der Waals surface area (Å²) in [7, 11) is 0. The third kappa shape index (κ3) is 3.10. The Hall–Kier alpha value is -3.03. The van der Waals surface area contributed by atoms with E-state index in [0.29, 0.717) is 25.1 Å². The topological polar surface area (TPSA) is 92.5 Å². The van der Waals surface area contributed by atoms with Crippen molar-refractivity contribution >= 4 is 17.5 Å². The molecule has 1 N–H and O–H groups in total. The largest absolute Gasteiger partial charge is 0.327 e. The highest BCUT2D eigenvalue weighted by molar-refractivity contribution is 6.39. The van der Waals surface area contributed by atoms with Gasteiger partial charge in [0.15, 0.2) is 5.82 Å². The first-order valence-electron chi connectivity index (χ1n) is 8.86. The Bertz CT molecular complexity index is 844. The quantitative estimate of drug-likeness (QED) is 0.908. The minimum atomic E-state index is -0.153. The molecule has 0 aliphatic carbocycles. The molecule has 0 spiro atoms. The van der Waals surface area contributed by atoms with Gasteiger partial charge in [-0.1, -0.05) is 18.2 Å². The molecule has 26 heavy (non-hydrogen) atoms. The summed E-state index contributed by atoms with van der Waals surface area (Å²) in [6, 6.07) is 9.70. The van der Waals surface area contributed by atoms with Gasteiger partial charge in [0.05, 0.1) is 6.04 Å². The number of carbonyl (C=O) groups excluding carboxylic acids is 2. The fourth-order valence-corrected chi connectivity index (χ4v) is 3.50. The number of amides is 2. The lowest BCUT2D eigenvalue weighted by molar-refractivity contribution is -0.128. The van der Waals surface area contributed by atoms with Gasteiger partial charge in [-0.25, -0.2) is 5.43 Å². The van der Waals surface area contributed by atoms with Gasteiger partial charge in [-0.2, -0.15) is 5.10 Å². The van der Waals surface area contributed by atoms with Gasteiger partial charge in [0, 0.05) is 25.1 Å². The van der Waals surface area contributed by atoms with E-state index in [-0.39, 0.29) is 17.9 Å². The number of hydrazone groups is 1. The predicted molar refractivity (Wildman–Crippen MR) is 94.5 cm³/mol. The molecular formula is C18H20N6O2. The minimum Gasteiger partial charge on any atom is -0.327 e. The summed E-state index contributed by atoms with van der Waals surface area (Å²) in [6.45, 7) is 0.651. The molecule has 2 aromatic rings. The Morgan fingerprint density at radius 1 is 1.15 bits per heavy atom. The molecule has 1 saturated heterocycles. The SMILES string of the molecule is O=C1CCC(C(=O)N2CCCCC2c2nncn2-c2ccccc2)=NN1. The fourth-order valence-electron chi connectivity index (χ4n) is 3.50. The molecule has 4 rings (SSSR count). The summed E-state index contributed by atoms with van der Waals surface area (Å²) in [6.07, 6.45) is 5.15. The zero-order chi connectivity index (χ0) is 17.9. The Balaban J connectivity index is 1.64. The van der Waals surface area contributed by atoms with E-state index in [1.807, 2.05) is 39.8 Å². The highest BCUT2D eigenvalue weighted by Gasteiger charge is 2.34. The molecule has 0 bridgehead atoms. The molecule has 0 saturated carbocycles. The molecule has 8 nitrogen and oxygen atoms in total. The third-order valence-electron chi connectivity index (χ3n) is 4.82. The smallest absolute Gasteiger partial charge is 0.270 e. The van der Waals surface area contributed by atoms with Crippen LogP contribution < -0.4 is 5.43 Å². The lowest BCUT2D eigenvalue weighted by Crippen LogP contribution is -2.45. The molecule has 1 atom stereocenters. The third-order valence-corrected chi connectivity index (χ3v) is 4.82. The average Bonchev–Trinajstić information content (AvgIpc) is 3.18. The van der Waals surface area contributed by atoms with Crippen LogP contribution in [0.25, 0.3) is 5.69 Å². The van der Waals surface area contributed by atoms with E-state index >= 15 is 0 Å². The molecule has 134 valence electrons. The summed E-state index contributed by atoms with van der Waals surface area (Å²) >= 11 is 0. The lowest BCUT2D eigenvalue weighted by atomic mass is 9.99. The summed E-state index contributed by atoms with van der Waals surface area (Å²) in [5.74, 6) is 0.475. The van der Waals surface area contributed by atoms with Crippen molar-refractivity contribution in [1.29, 1.82) is 0 Å². The van der Waals surface area contributed by atoms with Crippen LogP contribution >= 0.6 is 0 Å². The maximum absolute atomic E-state index is 13.0. The molecule has 2 amide bonds. The highest BCUT2D eigenvalue weighted by atomic mass is 16.2. The maximum Gasteiger partial charge on any atom is 0.270 e. The Kier molecular flexibility index (Phi) is 4.47. The zero-order valence-electron chi connectivity index (χ0n) is 14.3. The van der Waals surface area contributed by atoms with Crippen LogP contribution in [0, 0.1) is 0 Å². The van der Waals surface area contributed by atoms with E-state index < -0.39 is 0 Å². The number of nitrogens with zero attached hydrogens (tertiary/aromatic N) is 5. The molecule has 1 aromatic carbocycles. The Morgan fingerprint density at radius 2 is 2.00 bits per heavy atom. The van der Waals surface area contributed by atoms with Crippen LogP contribution in [-0.4, -0.2) is 43.7 Å². The van der Waals surface area contributed by atoms with Gasteiger partial charge >= 0.3 is 0 Å². The number of nitrogens with one attached hydrogen (secondary N) is 1. The number of piperidine rings is 1. The minimum absolute atomic E-state index is 0.127. The van der Waals surface area contributed by atoms with Gasteiger partial charge < -0.3 is 4.90 Å². The number of benzene rings is 1. The van der Waals surface area contributed by atoms with Crippen LogP contribution in [0.1, 0.15) is 44.0 Å². The molecule has 3 heterocycles. The Morgan fingerprint density at radius 3 is 2.77 bits per heavy atom. The summed E-state index contributed by atoms with van der Waals surface area (Å²) in [5.41, 5.74) is 3.78. The molecule has 8 heteroatoms. The number of rotatable bonds is 3. The summed E-state index contributed by atoms with van der Waals surface area (Å²) < 4.78 is 1.93. The first-order chi connectivity index (χ1) is 12.7. The molecule has 1 fully saturated rings. The van der Waals surface area contributed by atoms with E-state index in [4.69, 9.17) is 0 Å². The van der Waals surface area contributed by atoms with Crippen molar-refractivity contribution in [2.45, 2.75) is 38.1 Å². The van der Waals surface area contributed by atoms with Gasteiger partial charge in [-0.15, -0.1) is 10.2 Å². The lowest BCUT2D eigenvalue weighted by Gasteiger charge is -2.35. The van der Waals surface area contributed by atoms with Gasteiger partial charge in [0.25, 0.3) is 5.91 Å². The molecule has 2 aliphatic heterocycles. The van der Waals surface area contributed by atoms with Crippen molar-refractivity contribution < 1.29 is 9.59 Å². The first-order valence-corrected chi connectivity index (χ1v) is 8.86. The van der Waals surface area contributed by atoms with Crippen LogP contribution in [0.3, 0.4) is 0 Å². The number of hydrogen-bond acceptors (Lipinski definition) is 5. The second kappa shape index (κ2) is 7.07. The van der Waals surface area contributed by atoms with Crippen molar-refractivity contribution in [1.82, 2.24) is 25.1 Å². The molecule has 1 aromatic heterocycles. The monoisotopic (exact) mass is 352 g/mol. The summed E-state index contributed by atoms with van der Waals surface area (Å²) in [5, 5.41) is 12.4. The van der Waals surface area contributed by atoms with Crippen LogP contribution in [0.5, 0.6) is 0 Å². The van der Waals surface area contributed by atoms with E-state index in [1.165, 1.54) is 0 Å². The van der Waals surface area contributed by atoms with Crippen molar-refractivity contribution in [3.63, 3.8) is 0 Å². The van der Waals surface area contributed by atoms with E-state index in [9.17, 15) is 9.59 Å². The van der Waals surface area contributed by atoms with Gasteiger partial charge in [-0.3, -0.25) is 14.2 Å². The van der Waals surface area contributed by atoms with Crippen molar-refractivity contribution in [2.24, 2.45) is 5.10 Å². The standard InChI is InChI=1S/C18H20N6O2/c25-16-10-9-14(20-21-16)18(26)23-11-5-4-8-15(23)17-22-19-12-24(17)13-6-2-1-3-7-13/h1-3,6-7,12,15H,4-5,8-11H2,(H,21,25). The van der Waals surface area contributed by atoms with E-state index in [2.05, 4.69) is 20.7 Å². The normalized spacial score (nSPS) is 20.5. The van der Waals surface area contributed by atoms with Crippen LogP contribution in [0.2, 0.25) is 0 Å². The van der Waals surface area contributed by atoms with Crippen LogP contribution in [-0.2, 0) is 9.59 Å². The second-order valence-corrected chi connectivity index (χ2v) is 6.50. The van der Waals surface area contributed by atoms with Gasteiger partial charge in [-0.05, 0) is 31.4 Å². The van der Waals surface area contributed by atoms with Crippen molar-refractivity contribution in [3.05, 3.63) is 42.5 Å². The second-order valence-electron chi connectivity index (χ2n) is 6.50. The number of likely N-dealkylation sites (tertiary alicyclic amines) is 1. The Labute approximate surface area is 150 Å².